The van der Waals surface area contributed by atoms with Gasteiger partial charge in [0.15, 0.2) is 0 Å². The van der Waals surface area contributed by atoms with Crippen molar-refractivity contribution in [1.29, 1.82) is 0 Å². The molecule has 0 spiro atoms. The van der Waals surface area contributed by atoms with Crippen LogP contribution in [-0.4, -0.2) is 16.7 Å². The van der Waals surface area contributed by atoms with Gasteiger partial charge >= 0.3 is 0 Å². The lowest BCUT2D eigenvalue weighted by Gasteiger charge is -2.08. The maximum atomic E-state index is 14.2. The molecule has 0 saturated carbocycles. The van der Waals surface area contributed by atoms with E-state index in [0.29, 0.717) is 23.6 Å². The predicted molar refractivity (Wildman–Crippen MR) is 90.2 cm³/mol. The van der Waals surface area contributed by atoms with Gasteiger partial charge in [0, 0.05) is 11.6 Å². The van der Waals surface area contributed by atoms with E-state index in [1.807, 2.05) is 0 Å². The van der Waals surface area contributed by atoms with Gasteiger partial charge in [0.25, 0.3) is 0 Å². The van der Waals surface area contributed by atoms with E-state index in [-0.39, 0.29) is 11.6 Å². The summed E-state index contributed by atoms with van der Waals surface area (Å²) >= 11 is 0. The number of nitrogens with zero attached hydrogens (tertiary/aromatic N) is 1. The van der Waals surface area contributed by atoms with Crippen LogP contribution in [-0.2, 0) is 0 Å². The number of ether oxygens (including phenoxy) is 1. The quantitative estimate of drug-likeness (QED) is 0.635. The third-order valence-corrected chi connectivity index (χ3v) is 3.73. The Morgan fingerprint density at radius 3 is 2.52 bits per heavy atom. The average Bonchev–Trinajstić information content (AvgIpc) is 2.55. The molecular formula is C19H24FNO2. The molecule has 0 aliphatic carbocycles. The van der Waals surface area contributed by atoms with Crippen molar-refractivity contribution in [3.63, 3.8) is 0 Å². The molecule has 0 aliphatic heterocycles. The van der Waals surface area contributed by atoms with Gasteiger partial charge in [-0.25, -0.2) is 4.39 Å². The van der Waals surface area contributed by atoms with Crippen molar-refractivity contribution in [2.24, 2.45) is 0 Å². The maximum Gasteiger partial charge on any atom is 0.136 e. The van der Waals surface area contributed by atoms with Crippen molar-refractivity contribution in [2.75, 3.05) is 6.61 Å². The van der Waals surface area contributed by atoms with Crippen molar-refractivity contribution in [3.05, 3.63) is 42.3 Å². The van der Waals surface area contributed by atoms with Crippen LogP contribution < -0.4 is 4.74 Å². The summed E-state index contributed by atoms with van der Waals surface area (Å²) < 4.78 is 19.8. The van der Waals surface area contributed by atoms with Gasteiger partial charge in [-0.3, -0.25) is 4.98 Å². The van der Waals surface area contributed by atoms with Crippen molar-refractivity contribution in [2.45, 2.75) is 45.4 Å². The van der Waals surface area contributed by atoms with Gasteiger partial charge in [0.1, 0.15) is 17.3 Å². The monoisotopic (exact) mass is 317 g/mol. The maximum absolute atomic E-state index is 14.2. The smallest absolute Gasteiger partial charge is 0.136 e. The van der Waals surface area contributed by atoms with Gasteiger partial charge < -0.3 is 9.84 Å². The molecule has 0 radical (unpaired) electrons. The molecule has 1 aromatic heterocycles. The summed E-state index contributed by atoms with van der Waals surface area (Å²) in [6, 6.07) is 7.88. The Morgan fingerprint density at radius 2 is 1.83 bits per heavy atom. The molecule has 0 bridgehead atoms. The number of benzene rings is 1. The highest BCUT2D eigenvalue weighted by Gasteiger charge is 2.08. The number of pyridine rings is 1. The minimum atomic E-state index is -0.372. The first-order valence-electron chi connectivity index (χ1n) is 8.28. The highest BCUT2D eigenvalue weighted by molar-refractivity contribution is 5.61. The van der Waals surface area contributed by atoms with Crippen LogP contribution in [0.5, 0.6) is 11.5 Å². The molecule has 124 valence electrons. The number of aromatic nitrogens is 1. The second kappa shape index (κ2) is 9.13. The van der Waals surface area contributed by atoms with Crippen LogP contribution in [0.2, 0.25) is 0 Å². The van der Waals surface area contributed by atoms with Crippen LogP contribution in [0.15, 0.2) is 36.5 Å². The molecule has 0 aliphatic rings. The van der Waals surface area contributed by atoms with Gasteiger partial charge in [-0.05, 0) is 30.7 Å². The number of halogens is 1. The second-order valence-corrected chi connectivity index (χ2v) is 5.66. The Morgan fingerprint density at radius 1 is 1.04 bits per heavy atom. The van der Waals surface area contributed by atoms with Gasteiger partial charge in [0.2, 0.25) is 0 Å². The first-order chi connectivity index (χ1) is 11.2. The lowest BCUT2D eigenvalue weighted by molar-refractivity contribution is 0.303. The minimum absolute atomic E-state index is 0.0630. The lowest BCUT2D eigenvalue weighted by atomic mass is 10.1. The number of hydrogen-bond acceptors (Lipinski definition) is 3. The number of hydrogen-bond donors (Lipinski definition) is 1. The predicted octanol–water partition coefficient (Wildman–Crippen LogP) is 5.33. The zero-order chi connectivity index (χ0) is 16.5. The first-order valence-corrected chi connectivity index (χ1v) is 8.28. The third kappa shape index (κ3) is 5.55. The zero-order valence-corrected chi connectivity index (χ0v) is 13.6. The summed E-state index contributed by atoms with van der Waals surface area (Å²) in [5.74, 6) is 0.232. The standard InChI is InChI=1S/C19H24FNO2/c1-2-3-4-5-6-7-12-23-16-9-10-17(18(20)13-16)19-11-8-15(22)14-21-19/h8-11,13-14,22H,2-7,12H2,1H3. The summed E-state index contributed by atoms with van der Waals surface area (Å²) in [7, 11) is 0. The van der Waals surface area contributed by atoms with Crippen LogP contribution in [0.1, 0.15) is 45.4 Å². The molecule has 23 heavy (non-hydrogen) atoms. The zero-order valence-electron chi connectivity index (χ0n) is 13.6. The van der Waals surface area contributed by atoms with Crippen LogP contribution in [0.4, 0.5) is 4.39 Å². The second-order valence-electron chi connectivity index (χ2n) is 5.66. The fraction of sp³-hybridized carbons (Fsp3) is 0.421. The van der Waals surface area contributed by atoms with Crippen molar-refractivity contribution < 1.29 is 14.2 Å². The van der Waals surface area contributed by atoms with Gasteiger partial charge in [-0.1, -0.05) is 39.0 Å². The highest BCUT2D eigenvalue weighted by Crippen LogP contribution is 2.25. The largest absolute Gasteiger partial charge is 0.506 e. The molecule has 0 unspecified atom stereocenters. The Bertz CT molecular complexity index is 599. The molecule has 0 amide bonds. The molecule has 0 saturated heterocycles. The molecule has 2 aromatic rings. The van der Waals surface area contributed by atoms with Crippen LogP contribution in [0.3, 0.4) is 0 Å². The summed E-state index contributed by atoms with van der Waals surface area (Å²) in [5, 5.41) is 9.23. The fourth-order valence-corrected chi connectivity index (χ4v) is 2.41. The van der Waals surface area contributed by atoms with E-state index in [2.05, 4.69) is 11.9 Å². The number of rotatable bonds is 9. The van der Waals surface area contributed by atoms with E-state index in [9.17, 15) is 9.50 Å². The molecule has 4 heteroatoms. The van der Waals surface area contributed by atoms with Gasteiger partial charge in [-0.2, -0.15) is 0 Å². The first kappa shape index (κ1) is 17.3. The number of unbranched alkanes of at least 4 members (excludes halogenated alkanes) is 5. The molecule has 1 heterocycles. The highest BCUT2D eigenvalue weighted by atomic mass is 19.1. The summed E-state index contributed by atoms with van der Waals surface area (Å²) in [4.78, 5) is 4.02. The molecular weight excluding hydrogens is 293 g/mol. The third-order valence-electron chi connectivity index (χ3n) is 3.73. The normalized spacial score (nSPS) is 10.7. The Labute approximate surface area is 137 Å². The minimum Gasteiger partial charge on any atom is -0.506 e. The van der Waals surface area contributed by atoms with E-state index in [4.69, 9.17) is 4.74 Å². The molecule has 2 rings (SSSR count). The molecule has 0 fully saturated rings. The molecule has 3 nitrogen and oxygen atoms in total. The summed E-state index contributed by atoms with van der Waals surface area (Å²) in [5.41, 5.74) is 0.889. The Kier molecular flexibility index (Phi) is 6.85. The fourth-order valence-electron chi connectivity index (χ4n) is 2.41. The van der Waals surface area contributed by atoms with Crippen molar-refractivity contribution in [3.8, 4) is 22.8 Å². The van der Waals surface area contributed by atoms with Gasteiger partial charge in [0.05, 0.1) is 18.5 Å². The molecule has 1 N–H and O–H groups in total. The number of aromatic hydroxyl groups is 1. The van der Waals surface area contributed by atoms with Crippen LogP contribution in [0, 0.1) is 5.82 Å². The van der Waals surface area contributed by atoms with E-state index in [1.54, 1.807) is 18.2 Å². The van der Waals surface area contributed by atoms with E-state index < -0.39 is 0 Å². The Balaban J connectivity index is 1.83. The van der Waals surface area contributed by atoms with E-state index in [0.717, 1.165) is 12.8 Å². The van der Waals surface area contributed by atoms with E-state index >= 15 is 0 Å². The lowest BCUT2D eigenvalue weighted by Crippen LogP contribution is -1.98. The average molecular weight is 317 g/mol. The van der Waals surface area contributed by atoms with Gasteiger partial charge in [-0.15, -0.1) is 0 Å². The van der Waals surface area contributed by atoms with Crippen molar-refractivity contribution in [1.82, 2.24) is 4.98 Å². The van der Waals surface area contributed by atoms with Crippen molar-refractivity contribution >= 4 is 0 Å². The summed E-state index contributed by atoms with van der Waals surface area (Å²) in [6.07, 6.45) is 8.50. The molecule has 1 aromatic carbocycles. The topological polar surface area (TPSA) is 42.4 Å². The summed E-state index contributed by atoms with van der Waals surface area (Å²) in [6.45, 7) is 2.82. The SMILES string of the molecule is CCCCCCCCOc1ccc(-c2ccc(O)cn2)c(F)c1. The Hall–Kier alpha value is -2.10. The molecule has 0 atom stereocenters. The van der Waals surface area contributed by atoms with Crippen LogP contribution in [0.25, 0.3) is 11.3 Å². The van der Waals surface area contributed by atoms with Crippen LogP contribution >= 0.6 is 0 Å². The van der Waals surface area contributed by atoms with E-state index in [1.165, 1.54) is 44.0 Å².